The van der Waals surface area contributed by atoms with Crippen molar-refractivity contribution in [1.82, 2.24) is 4.90 Å². The molecule has 172 valence electrons. The van der Waals surface area contributed by atoms with Gasteiger partial charge in [0.1, 0.15) is 11.5 Å². The molecule has 1 heterocycles. The van der Waals surface area contributed by atoms with Gasteiger partial charge in [-0.1, -0.05) is 57.0 Å². The number of hydrogen-bond acceptors (Lipinski definition) is 4. The summed E-state index contributed by atoms with van der Waals surface area (Å²) in [6, 6.07) is 19.2. The van der Waals surface area contributed by atoms with Crippen LogP contribution < -0.4 is 9.47 Å². The molecule has 0 spiro atoms. The summed E-state index contributed by atoms with van der Waals surface area (Å²) in [7, 11) is 1.69. The first-order valence-corrected chi connectivity index (χ1v) is 12.7. The third-order valence-electron chi connectivity index (χ3n) is 6.07. The number of carbonyl (C=O) groups excluding carboxylic acids is 1. The lowest BCUT2D eigenvalue weighted by Gasteiger charge is -2.39. The predicted molar refractivity (Wildman–Crippen MR) is 138 cm³/mol. The number of halogens is 2. The van der Waals surface area contributed by atoms with Crippen molar-refractivity contribution in [3.63, 3.8) is 0 Å². The molecule has 4 nitrogen and oxygen atoms in total. The Hall–Kier alpha value is -2.15. The molecule has 0 N–H and O–H groups in total. The lowest BCUT2D eigenvalue weighted by Crippen LogP contribution is -2.38. The molecule has 1 aliphatic heterocycles. The maximum Gasteiger partial charge on any atom is 0.343 e. The molecular weight excluding hydrogens is 546 g/mol. The normalized spacial score (nSPS) is 15.7. The first-order chi connectivity index (χ1) is 16.0. The SMILES string of the molecule is CCCN1CCc2c(Br)ccc(OC(=O)c3ccccc3)c2C1Cc1cc(OC)ccc1Br. The monoisotopic (exact) mass is 571 g/mol. The Balaban J connectivity index is 1.77. The number of benzene rings is 3. The van der Waals surface area contributed by atoms with Gasteiger partial charge in [-0.05, 0) is 79.4 Å². The van der Waals surface area contributed by atoms with Gasteiger partial charge in [-0.15, -0.1) is 0 Å². The molecule has 0 fully saturated rings. The number of esters is 1. The molecule has 0 saturated carbocycles. The smallest absolute Gasteiger partial charge is 0.343 e. The molecule has 3 aromatic carbocycles. The van der Waals surface area contributed by atoms with Gasteiger partial charge in [0, 0.05) is 27.1 Å². The Bertz CT molecular complexity index is 1130. The minimum Gasteiger partial charge on any atom is -0.497 e. The second kappa shape index (κ2) is 10.9. The summed E-state index contributed by atoms with van der Waals surface area (Å²) in [6.07, 6.45) is 2.73. The van der Waals surface area contributed by atoms with Crippen molar-refractivity contribution < 1.29 is 14.3 Å². The molecule has 0 radical (unpaired) electrons. The first kappa shape index (κ1) is 24.0. The second-order valence-electron chi connectivity index (χ2n) is 8.16. The van der Waals surface area contributed by atoms with Crippen molar-refractivity contribution >= 4 is 37.8 Å². The fraction of sp³-hybridized carbons (Fsp3) is 0.296. The largest absolute Gasteiger partial charge is 0.497 e. The maximum atomic E-state index is 12.9. The van der Waals surface area contributed by atoms with E-state index in [0.717, 1.165) is 58.2 Å². The van der Waals surface area contributed by atoms with Crippen LogP contribution in [0, 0.1) is 0 Å². The highest BCUT2D eigenvalue weighted by molar-refractivity contribution is 9.10. The van der Waals surface area contributed by atoms with Crippen LogP contribution in [0.25, 0.3) is 0 Å². The zero-order chi connectivity index (χ0) is 23.4. The van der Waals surface area contributed by atoms with Crippen molar-refractivity contribution in [3.05, 3.63) is 91.9 Å². The second-order valence-corrected chi connectivity index (χ2v) is 9.87. The Morgan fingerprint density at radius 2 is 1.82 bits per heavy atom. The first-order valence-electron chi connectivity index (χ1n) is 11.2. The number of nitrogens with zero attached hydrogens (tertiary/aromatic N) is 1. The summed E-state index contributed by atoms with van der Waals surface area (Å²) in [5.74, 6) is 1.12. The highest BCUT2D eigenvalue weighted by Crippen LogP contribution is 2.43. The predicted octanol–water partition coefficient (Wildman–Crippen LogP) is 6.99. The molecule has 1 aliphatic rings. The van der Waals surface area contributed by atoms with E-state index in [1.165, 1.54) is 5.56 Å². The fourth-order valence-corrected chi connectivity index (χ4v) is 5.43. The van der Waals surface area contributed by atoms with E-state index < -0.39 is 0 Å². The van der Waals surface area contributed by atoms with Gasteiger partial charge in [-0.25, -0.2) is 4.79 Å². The van der Waals surface area contributed by atoms with Crippen molar-refractivity contribution in [1.29, 1.82) is 0 Å². The number of rotatable bonds is 7. The molecule has 33 heavy (non-hydrogen) atoms. The quantitative estimate of drug-likeness (QED) is 0.226. The van der Waals surface area contributed by atoms with E-state index in [1.807, 2.05) is 42.5 Å². The number of hydrogen-bond donors (Lipinski definition) is 0. The van der Waals surface area contributed by atoms with Crippen LogP contribution in [0.5, 0.6) is 11.5 Å². The molecule has 0 bridgehead atoms. The number of fused-ring (bicyclic) bond motifs is 1. The fourth-order valence-electron chi connectivity index (χ4n) is 4.48. The van der Waals surface area contributed by atoms with Crippen LogP contribution in [0.1, 0.15) is 46.4 Å². The lowest BCUT2D eigenvalue weighted by atomic mass is 9.87. The Morgan fingerprint density at radius 3 is 2.55 bits per heavy atom. The topological polar surface area (TPSA) is 38.8 Å². The third kappa shape index (κ3) is 5.34. The van der Waals surface area contributed by atoms with Crippen molar-refractivity contribution in [2.75, 3.05) is 20.2 Å². The van der Waals surface area contributed by atoms with E-state index >= 15 is 0 Å². The maximum absolute atomic E-state index is 12.9. The standard InChI is InChI=1S/C27H27Br2NO3/c1-3-14-30-15-13-21-23(29)11-12-25(33-27(31)18-7-5-4-6-8-18)26(21)24(30)17-19-16-20(32-2)9-10-22(19)28/h4-12,16,24H,3,13-15,17H2,1-2H3. The van der Waals surface area contributed by atoms with Gasteiger partial charge in [-0.2, -0.15) is 0 Å². The number of carbonyl (C=O) groups is 1. The van der Waals surface area contributed by atoms with Gasteiger partial charge in [0.2, 0.25) is 0 Å². The molecule has 4 rings (SSSR count). The lowest BCUT2D eigenvalue weighted by molar-refractivity contribution is 0.0727. The van der Waals surface area contributed by atoms with Crippen LogP contribution in [0.2, 0.25) is 0 Å². The van der Waals surface area contributed by atoms with Crippen LogP contribution >= 0.6 is 31.9 Å². The average Bonchev–Trinajstić information content (AvgIpc) is 2.84. The average molecular weight is 573 g/mol. The van der Waals surface area contributed by atoms with Crippen LogP contribution in [0.15, 0.2) is 69.6 Å². The number of methoxy groups -OCH3 is 1. The molecule has 0 aromatic heterocycles. The van der Waals surface area contributed by atoms with Crippen LogP contribution in [-0.4, -0.2) is 31.1 Å². The summed E-state index contributed by atoms with van der Waals surface area (Å²) in [5.41, 5.74) is 4.00. The van der Waals surface area contributed by atoms with Crippen molar-refractivity contribution in [2.24, 2.45) is 0 Å². The zero-order valence-electron chi connectivity index (χ0n) is 18.8. The summed E-state index contributed by atoms with van der Waals surface area (Å²) >= 11 is 7.47. The molecule has 6 heteroatoms. The van der Waals surface area contributed by atoms with Crippen LogP contribution in [-0.2, 0) is 12.8 Å². The molecular formula is C27H27Br2NO3. The van der Waals surface area contributed by atoms with Crippen LogP contribution in [0.4, 0.5) is 0 Å². The van der Waals surface area contributed by atoms with E-state index in [-0.39, 0.29) is 12.0 Å². The van der Waals surface area contributed by atoms with E-state index in [2.05, 4.69) is 49.7 Å². The Labute approximate surface area is 212 Å². The molecule has 0 saturated heterocycles. The van der Waals surface area contributed by atoms with E-state index in [9.17, 15) is 4.79 Å². The minimum absolute atomic E-state index is 0.0770. The van der Waals surface area contributed by atoms with Crippen LogP contribution in [0.3, 0.4) is 0 Å². The van der Waals surface area contributed by atoms with Crippen molar-refractivity contribution in [2.45, 2.75) is 32.2 Å². The molecule has 1 atom stereocenters. The number of ether oxygens (including phenoxy) is 2. The zero-order valence-corrected chi connectivity index (χ0v) is 22.0. The summed E-state index contributed by atoms with van der Waals surface area (Å²) < 4.78 is 13.6. The minimum atomic E-state index is -0.339. The van der Waals surface area contributed by atoms with Gasteiger partial charge in [0.25, 0.3) is 0 Å². The highest BCUT2D eigenvalue weighted by atomic mass is 79.9. The van der Waals surface area contributed by atoms with Gasteiger partial charge < -0.3 is 9.47 Å². The molecule has 0 amide bonds. The molecule has 0 aliphatic carbocycles. The molecule has 3 aromatic rings. The van der Waals surface area contributed by atoms with E-state index in [1.54, 1.807) is 19.2 Å². The summed E-state index contributed by atoms with van der Waals surface area (Å²) in [6.45, 7) is 4.14. The van der Waals surface area contributed by atoms with E-state index in [4.69, 9.17) is 9.47 Å². The van der Waals surface area contributed by atoms with Gasteiger partial charge >= 0.3 is 5.97 Å². The van der Waals surface area contributed by atoms with Gasteiger partial charge in [0.15, 0.2) is 0 Å². The third-order valence-corrected chi connectivity index (χ3v) is 7.59. The van der Waals surface area contributed by atoms with E-state index in [0.29, 0.717) is 11.3 Å². The summed E-state index contributed by atoms with van der Waals surface area (Å²) in [4.78, 5) is 15.4. The van der Waals surface area contributed by atoms with Gasteiger partial charge in [-0.3, -0.25) is 4.90 Å². The summed E-state index contributed by atoms with van der Waals surface area (Å²) in [5, 5.41) is 0. The van der Waals surface area contributed by atoms with Crippen molar-refractivity contribution in [3.8, 4) is 11.5 Å². The Kier molecular flexibility index (Phi) is 7.89. The Morgan fingerprint density at radius 1 is 1.06 bits per heavy atom. The van der Waals surface area contributed by atoms with Gasteiger partial charge in [0.05, 0.1) is 12.7 Å². The highest BCUT2D eigenvalue weighted by Gasteiger charge is 2.32. The molecule has 1 unspecified atom stereocenters.